The van der Waals surface area contributed by atoms with Gasteiger partial charge in [-0.1, -0.05) is 56.5 Å². The molecule has 1 amide bonds. The lowest BCUT2D eigenvalue weighted by Gasteiger charge is -2.30. The summed E-state index contributed by atoms with van der Waals surface area (Å²) in [5.41, 5.74) is 2.25. The lowest BCUT2D eigenvalue weighted by atomic mass is 9.76. The Balaban J connectivity index is 1.65. The third kappa shape index (κ3) is 6.19. The number of hydroxylamine groups is 1. The van der Waals surface area contributed by atoms with Crippen LogP contribution in [0.15, 0.2) is 40.9 Å². The minimum atomic E-state index is -1.40. The second-order valence-electron chi connectivity index (χ2n) is 8.58. The van der Waals surface area contributed by atoms with Gasteiger partial charge >= 0.3 is 11.9 Å². The maximum atomic E-state index is 13.0. The molecule has 2 aromatic rings. The fraction of sp³-hybridized carbons (Fsp3) is 0.500. The summed E-state index contributed by atoms with van der Waals surface area (Å²) < 4.78 is 5.65. The number of benzene rings is 1. The molecule has 0 radical (unpaired) electrons. The van der Waals surface area contributed by atoms with Crippen molar-refractivity contribution in [3.63, 3.8) is 0 Å². The van der Waals surface area contributed by atoms with Crippen LogP contribution in [0.5, 0.6) is 0 Å². The molecule has 0 saturated heterocycles. The van der Waals surface area contributed by atoms with E-state index >= 15 is 0 Å². The van der Waals surface area contributed by atoms with Crippen LogP contribution in [0.4, 0.5) is 0 Å². The van der Waals surface area contributed by atoms with Crippen LogP contribution < -0.4 is 5.48 Å². The molecule has 178 valence electrons. The molecular weight excluding hydrogens is 428 g/mol. The number of nitrogens with one attached hydrogen (secondary N) is 1. The van der Waals surface area contributed by atoms with Gasteiger partial charge in [-0.15, -0.1) is 0 Å². The predicted molar refractivity (Wildman–Crippen MR) is 118 cm³/mol. The standard InChI is InChI=1S/C24H30N2O7/c1-2-8-17(21(27)28)14-24(11-6-7-12-24)23(31)26-33-18(22(29)30)13-20-25-15-19(32-20)16-9-4-3-5-10-16/h3-5,9-10,15,17-18H,2,6-8,11-14H2,1H3,(H,26,31)(H,27,28)(H,29,30)/t17-,18+/m1/s1. The predicted octanol–water partition coefficient (Wildman–Crippen LogP) is 3.84. The first-order chi connectivity index (χ1) is 15.8. The van der Waals surface area contributed by atoms with Crippen LogP contribution in [-0.2, 0) is 25.6 Å². The second-order valence-corrected chi connectivity index (χ2v) is 8.58. The molecule has 1 aliphatic carbocycles. The fourth-order valence-corrected chi connectivity index (χ4v) is 4.42. The first-order valence-corrected chi connectivity index (χ1v) is 11.3. The molecule has 1 aromatic carbocycles. The topological polar surface area (TPSA) is 139 Å². The number of aliphatic carboxylic acids is 2. The molecule has 9 heteroatoms. The number of carboxylic acid groups (broad SMARTS) is 2. The van der Waals surface area contributed by atoms with Crippen molar-refractivity contribution in [3.8, 4) is 11.3 Å². The summed E-state index contributed by atoms with van der Waals surface area (Å²) in [6.45, 7) is 1.91. The van der Waals surface area contributed by atoms with E-state index in [1.807, 2.05) is 37.3 Å². The normalized spacial score (nSPS) is 16.8. The van der Waals surface area contributed by atoms with E-state index < -0.39 is 35.3 Å². The molecule has 1 fully saturated rings. The Labute approximate surface area is 192 Å². The molecule has 2 atom stereocenters. The summed E-state index contributed by atoms with van der Waals surface area (Å²) in [5.74, 6) is -2.62. The molecule has 0 bridgehead atoms. The fourth-order valence-electron chi connectivity index (χ4n) is 4.42. The zero-order valence-electron chi connectivity index (χ0n) is 18.7. The average Bonchev–Trinajstić information content (AvgIpc) is 3.47. The Morgan fingerprint density at radius 1 is 1.15 bits per heavy atom. The van der Waals surface area contributed by atoms with Gasteiger partial charge in [-0.3, -0.25) is 14.4 Å². The van der Waals surface area contributed by atoms with Crippen molar-refractivity contribution in [2.24, 2.45) is 11.3 Å². The summed E-state index contributed by atoms with van der Waals surface area (Å²) in [6, 6.07) is 9.27. The Morgan fingerprint density at radius 3 is 2.45 bits per heavy atom. The maximum absolute atomic E-state index is 13.0. The average molecular weight is 459 g/mol. The van der Waals surface area contributed by atoms with Crippen LogP contribution >= 0.6 is 0 Å². The lowest BCUT2D eigenvalue weighted by molar-refractivity contribution is -0.165. The van der Waals surface area contributed by atoms with Gasteiger partial charge < -0.3 is 14.6 Å². The third-order valence-electron chi connectivity index (χ3n) is 6.21. The van der Waals surface area contributed by atoms with Crippen molar-refractivity contribution >= 4 is 17.8 Å². The van der Waals surface area contributed by atoms with E-state index in [1.165, 1.54) is 6.20 Å². The van der Waals surface area contributed by atoms with Crippen LogP contribution in [-0.4, -0.2) is 39.1 Å². The molecule has 1 aliphatic rings. The van der Waals surface area contributed by atoms with Crippen molar-refractivity contribution < 1.29 is 33.9 Å². The monoisotopic (exact) mass is 458 g/mol. The first kappa shape index (κ1) is 24.4. The summed E-state index contributed by atoms with van der Waals surface area (Å²) in [4.78, 5) is 45.8. The molecular formula is C24H30N2O7. The second kappa shape index (κ2) is 11.1. The first-order valence-electron chi connectivity index (χ1n) is 11.3. The number of carbonyl (C=O) groups is 3. The number of oxazole rings is 1. The van der Waals surface area contributed by atoms with Crippen LogP contribution in [0, 0.1) is 11.3 Å². The highest BCUT2D eigenvalue weighted by molar-refractivity contribution is 5.83. The number of aromatic nitrogens is 1. The third-order valence-corrected chi connectivity index (χ3v) is 6.21. The maximum Gasteiger partial charge on any atom is 0.336 e. The van der Waals surface area contributed by atoms with Crippen molar-refractivity contribution in [1.29, 1.82) is 0 Å². The molecule has 0 aliphatic heterocycles. The highest BCUT2D eigenvalue weighted by atomic mass is 16.7. The Hall–Kier alpha value is -3.20. The van der Waals surface area contributed by atoms with E-state index in [-0.39, 0.29) is 18.7 Å². The molecule has 0 unspecified atom stereocenters. The van der Waals surface area contributed by atoms with E-state index in [0.29, 0.717) is 31.4 Å². The van der Waals surface area contributed by atoms with Crippen molar-refractivity contribution in [1.82, 2.24) is 10.5 Å². The molecule has 1 saturated carbocycles. The van der Waals surface area contributed by atoms with Gasteiger partial charge in [0.25, 0.3) is 0 Å². The number of amides is 1. The van der Waals surface area contributed by atoms with Crippen LogP contribution in [0.1, 0.15) is 57.8 Å². The number of rotatable bonds is 12. The number of hydrogen-bond donors (Lipinski definition) is 3. The SMILES string of the molecule is CCC[C@H](CC1(C(=O)NO[C@@H](Cc2ncc(-c3ccccc3)o2)C(=O)O)CCCC1)C(=O)O. The molecule has 0 spiro atoms. The van der Waals surface area contributed by atoms with Crippen molar-refractivity contribution in [3.05, 3.63) is 42.4 Å². The molecule has 1 aromatic heterocycles. The van der Waals surface area contributed by atoms with Crippen LogP contribution in [0.2, 0.25) is 0 Å². The summed E-state index contributed by atoms with van der Waals surface area (Å²) in [5, 5.41) is 19.1. The number of carbonyl (C=O) groups excluding carboxylic acids is 1. The van der Waals surface area contributed by atoms with E-state index in [1.54, 1.807) is 0 Å². The Kier molecular flexibility index (Phi) is 8.21. The zero-order valence-corrected chi connectivity index (χ0v) is 18.7. The quantitative estimate of drug-likeness (QED) is 0.408. The Morgan fingerprint density at radius 2 is 1.85 bits per heavy atom. The highest BCUT2D eigenvalue weighted by Crippen LogP contribution is 2.44. The molecule has 3 rings (SSSR count). The number of hydrogen-bond acceptors (Lipinski definition) is 6. The van der Waals surface area contributed by atoms with Gasteiger partial charge in [0.05, 0.1) is 24.0 Å². The van der Waals surface area contributed by atoms with Gasteiger partial charge in [0.1, 0.15) is 0 Å². The van der Waals surface area contributed by atoms with E-state index in [9.17, 15) is 24.6 Å². The molecule has 33 heavy (non-hydrogen) atoms. The van der Waals surface area contributed by atoms with E-state index in [4.69, 9.17) is 9.25 Å². The van der Waals surface area contributed by atoms with Gasteiger partial charge in [-0.2, -0.15) is 0 Å². The van der Waals surface area contributed by atoms with Gasteiger partial charge in [0.15, 0.2) is 17.8 Å². The number of carboxylic acids is 2. The van der Waals surface area contributed by atoms with Crippen LogP contribution in [0.25, 0.3) is 11.3 Å². The van der Waals surface area contributed by atoms with Gasteiger partial charge in [-0.05, 0) is 25.7 Å². The van der Waals surface area contributed by atoms with Gasteiger partial charge in [0.2, 0.25) is 5.91 Å². The molecule has 1 heterocycles. The van der Waals surface area contributed by atoms with Crippen molar-refractivity contribution in [2.75, 3.05) is 0 Å². The smallest absolute Gasteiger partial charge is 0.336 e. The summed E-state index contributed by atoms with van der Waals surface area (Å²) in [7, 11) is 0. The summed E-state index contributed by atoms with van der Waals surface area (Å²) in [6.07, 6.45) is 4.05. The largest absolute Gasteiger partial charge is 0.481 e. The van der Waals surface area contributed by atoms with E-state index in [2.05, 4.69) is 10.5 Å². The minimum absolute atomic E-state index is 0.167. The minimum Gasteiger partial charge on any atom is -0.481 e. The molecule has 3 N–H and O–H groups in total. The van der Waals surface area contributed by atoms with Gasteiger partial charge in [0, 0.05) is 5.56 Å². The summed E-state index contributed by atoms with van der Waals surface area (Å²) >= 11 is 0. The van der Waals surface area contributed by atoms with Gasteiger partial charge in [-0.25, -0.2) is 15.3 Å². The number of nitrogens with zero attached hydrogens (tertiary/aromatic N) is 1. The van der Waals surface area contributed by atoms with Crippen LogP contribution in [0.3, 0.4) is 0 Å². The zero-order chi connectivity index (χ0) is 23.8. The Bertz CT molecular complexity index is 951. The molecule has 9 nitrogen and oxygen atoms in total. The highest BCUT2D eigenvalue weighted by Gasteiger charge is 2.44. The lowest BCUT2D eigenvalue weighted by Crippen LogP contribution is -2.44. The van der Waals surface area contributed by atoms with E-state index in [0.717, 1.165) is 18.4 Å². The van der Waals surface area contributed by atoms with Crippen molar-refractivity contribution in [2.45, 2.75) is 64.4 Å².